The van der Waals surface area contributed by atoms with E-state index in [1.165, 1.54) is 0 Å². The third-order valence-electron chi connectivity index (χ3n) is 4.75. The Morgan fingerprint density at radius 1 is 1.43 bits per heavy atom. The summed E-state index contributed by atoms with van der Waals surface area (Å²) in [6.07, 6.45) is 7.85. The molecule has 1 amide bonds. The predicted octanol–water partition coefficient (Wildman–Crippen LogP) is 1.78. The van der Waals surface area contributed by atoms with Crippen LogP contribution < -0.4 is 5.32 Å². The van der Waals surface area contributed by atoms with Crippen LogP contribution in [0.1, 0.15) is 31.4 Å². The van der Waals surface area contributed by atoms with Crippen molar-refractivity contribution in [2.75, 3.05) is 19.8 Å². The fraction of sp³-hybridized carbons (Fsp3) is 0.625. The minimum Gasteiger partial charge on any atom is -0.381 e. The number of carbonyl (C=O) groups excluding carboxylic acids is 1. The molecule has 2 fully saturated rings. The van der Waals surface area contributed by atoms with Crippen molar-refractivity contribution in [1.29, 1.82) is 0 Å². The fourth-order valence-electron chi connectivity index (χ4n) is 3.55. The molecule has 0 radical (unpaired) electrons. The molecule has 23 heavy (non-hydrogen) atoms. The molecule has 6 nitrogen and oxygen atoms in total. The van der Waals surface area contributed by atoms with Gasteiger partial charge in [-0.1, -0.05) is 0 Å². The maximum Gasteiger partial charge on any atom is 0.226 e. The molecule has 0 unspecified atom stereocenters. The summed E-state index contributed by atoms with van der Waals surface area (Å²) in [5.41, 5.74) is 0.730. The third kappa shape index (κ3) is 3.27. The Hall–Kier alpha value is -1.44. The summed E-state index contributed by atoms with van der Waals surface area (Å²) < 4.78 is 13.4. The summed E-state index contributed by atoms with van der Waals surface area (Å²) in [6, 6.07) is 0.193. The Morgan fingerprint density at radius 3 is 3.13 bits per heavy atom. The second kappa shape index (κ2) is 6.22. The van der Waals surface area contributed by atoms with Gasteiger partial charge in [-0.25, -0.2) is 4.98 Å². The highest BCUT2D eigenvalue weighted by atomic mass is 32.1. The van der Waals surface area contributed by atoms with Crippen molar-refractivity contribution in [2.24, 2.45) is 0 Å². The average molecular weight is 335 g/mol. The van der Waals surface area contributed by atoms with Gasteiger partial charge in [0.15, 0.2) is 4.96 Å². The summed E-state index contributed by atoms with van der Waals surface area (Å²) in [5, 5.41) is 5.16. The molecular formula is C16H21N3O3S. The average Bonchev–Trinajstić information content (AvgIpc) is 3.09. The van der Waals surface area contributed by atoms with Crippen LogP contribution >= 0.6 is 11.3 Å². The molecule has 0 saturated carbocycles. The molecule has 4 rings (SSSR count). The molecule has 2 aliphatic heterocycles. The SMILES string of the molecule is O=C(Cc1cn2ccsc2n1)N[C@@H]1CCOC2(CCOCC2)C1. The van der Waals surface area contributed by atoms with Crippen LogP contribution in [0.4, 0.5) is 0 Å². The molecule has 1 spiro atoms. The molecule has 2 aromatic rings. The minimum absolute atomic E-state index is 0.0462. The first-order valence-electron chi connectivity index (χ1n) is 8.15. The first kappa shape index (κ1) is 15.1. The molecule has 1 N–H and O–H groups in total. The molecule has 0 aliphatic carbocycles. The van der Waals surface area contributed by atoms with Crippen molar-refractivity contribution in [3.63, 3.8) is 0 Å². The highest BCUT2D eigenvalue weighted by Crippen LogP contribution is 2.34. The van der Waals surface area contributed by atoms with Crippen LogP contribution in [0.25, 0.3) is 4.96 Å². The monoisotopic (exact) mass is 335 g/mol. The van der Waals surface area contributed by atoms with E-state index in [4.69, 9.17) is 9.47 Å². The van der Waals surface area contributed by atoms with Gasteiger partial charge in [0.2, 0.25) is 5.91 Å². The minimum atomic E-state index is -0.0918. The fourth-order valence-corrected chi connectivity index (χ4v) is 4.27. The zero-order valence-corrected chi connectivity index (χ0v) is 13.8. The number of hydrogen-bond donors (Lipinski definition) is 1. The van der Waals surface area contributed by atoms with E-state index < -0.39 is 0 Å². The summed E-state index contributed by atoms with van der Waals surface area (Å²) in [6.45, 7) is 2.23. The van der Waals surface area contributed by atoms with E-state index in [9.17, 15) is 4.79 Å². The van der Waals surface area contributed by atoms with Gasteiger partial charge in [0.25, 0.3) is 0 Å². The number of carbonyl (C=O) groups is 1. The topological polar surface area (TPSA) is 64.9 Å². The van der Waals surface area contributed by atoms with Crippen molar-refractivity contribution in [3.8, 4) is 0 Å². The second-order valence-corrected chi connectivity index (χ2v) is 7.28. The van der Waals surface area contributed by atoms with Gasteiger partial charge in [0, 0.05) is 43.6 Å². The molecule has 0 bridgehead atoms. The van der Waals surface area contributed by atoms with E-state index in [0.29, 0.717) is 13.0 Å². The number of fused-ring (bicyclic) bond motifs is 1. The van der Waals surface area contributed by atoms with Gasteiger partial charge in [-0.05, 0) is 25.7 Å². The van der Waals surface area contributed by atoms with E-state index >= 15 is 0 Å². The first-order valence-corrected chi connectivity index (χ1v) is 9.03. The van der Waals surface area contributed by atoms with E-state index in [0.717, 1.165) is 49.6 Å². The van der Waals surface area contributed by atoms with Gasteiger partial charge in [-0.15, -0.1) is 11.3 Å². The molecule has 2 aliphatic rings. The molecular weight excluding hydrogens is 314 g/mol. The lowest BCUT2D eigenvalue weighted by atomic mass is 9.84. The van der Waals surface area contributed by atoms with Gasteiger partial charge < -0.3 is 14.8 Å². The third-order valence-corrected chi connectivity index (χ3v) is 5.52. The smallest absolute Gasteiger partial charge is 0.226 e. The zero-order chi connectivity index (χ0) is 15.7. The summed E-state index contributed by atoms with van der Waals surface area (Å²) in [5.74, 6) is 0.0462. The molecule has 124 valence electrons. The molecule has 4 heterocycles. The summed E-state index contributed by atoms with van der Waals surface area (Å²) >= 11 is 1.58. The summed E-state index contributed by atoms with van der Waals surface area (Å²) in [4.78, 5) is 17.7. The number of imidazole rings is 1. The second-order valence-electron chi connectivity index (χ2n) is 6.40. The highest BCUT2D eigenvalue weighted by molar-refractivity contribution is 7.15. The normalized spacial score (nSPS) is 24.1. The Morgan fingerprint density at radius 2 is 2.30 bits per heavy atom. The van der Waals surface area contributed by atoms with Crippen LogP contribution in [0, 0.1) is 0 Å². The molecule has 7 heteroatoms. The van der Waals surface area contributed by atoms with Crippen LogP contribution in [-0.4, -0.2) is 46.8 Å². The number of thiazole rings is 1. The number of amides is 1. The van der Waals surface area contributed by atoms with E-state index in [2.05, 4.69) is 10.3 Å². The van der Waals surface area contributed by atoms with Crippen LogP contribution in [0.15, 0.2) is 17.8 Å². The lowest BCUT2D eigenvalue weighted by molar-refractivity contribution is -0.143. The number of ether oxygens (including phenoxy) is 2. The quantitative estimate of drug-likeness (QED) is 0.929. The van der Waals surface area contributed by atoms with Crippen LogP contribution in [0.2, 0.25) is 0 Å². The molecule has 1 atom stereocenters. The number of nitrogens with zero attached hydrogens (tertiary/aromatic N) is 2. The number of rotatable bonds is 3. The first-order chi connectivity index (χ1) is 11.2. The van der Waals surface area contributed by atoms with E-state index in [-0.39, 0.29) is 17.6 Å². The highest BCUT2D eigenvalue weighted by Gasteiger charge is 2.39. The Kier molecular flexibility index (Phi) is 4.09. The summed E-state index contributed by atoms with van der Waals surface area (Å²) in [7, 11) is 0. The van der Waals surface area contributed by atoms with Crippen molar-refractivity contribution in [3.05, 3.63) is 23.5 Å². The van der Waals surface area contributed by atoms with Crippen LogP contribution in [0.3, 0.4) is 0 Å². The lowest BCUT2D eigenvalue weighted by Crippen LogP contribution is -2.51. The Bertz CT molecular complexity index is 656. The number of aromatic nitrogens is 2. The van der Waals surface area contributed by atoms with E-state index in [1.54, 1.807) is 11.3 Å². The standard InChI is InChI=1S/C16H21N3O3S/c20-14(9-13-11-19-4-8-23-15(19)18-13)17-12-1-5-22-16(10-12)2-6-21-7-3-16/h4,8,11-12H,1-3,5-7,9-10H2,(H,17,20)/t12-/m1/s1. The van der Waals surface area contributed by atoms with Gasteiger partial charge in [0.1, 0.15) is 0 Å². The van der Waals surface area contributed by atoms with Gasteiger partial charge in [-0.3, -0.25) is 9.20 Å². The number of nitrogens with one attached hydrogen (secondary N) is 1. The molecule has 2 aromatic heterocycles. The van der Waals surface area contributed by atoms with Gasteiger partial charge >= 0.3 is 0 Å². The largest absolute Gasteiger partial charge is 0.381 e. The van der Waals surface area contributed by atoms with Crippen molar-refractivity contribution < 1.29 is 14.3 Å². The Balaban J connectivity index is 1.35. The van der Waals surface area contributed by atoms with Crippen LogP contribution in [-0.2, 0) is 20.7 Å². The molecule has 2 saturated heterocycles. The van der Waals surface area contributed by atoms with Crippen molar-refractivity contribution in [1.82, 2.24) is 14.7 Å². The Labute approximate surface area is 138 Å². The van der Waals surface area contributed by atoms with Crippen molar-refractivity contribution >= 4 is 22.2 Å². The van der Waals surface area contributed by atoms with Crippen LogP contribution in [0.5, 0.6) is 0 Å². The maximum absolute atomic E-state index is 12.3. The van der Waals surface area contributed by atoms with Gasteiger partial charge in [0.05, 0.1) is 17.7 Å². The van der Waals surface area contributed by atoms with E-state index in [1.807, 2.05) is 22.2 Å². The number of hydrogen-bond acceptors (Lipinski definition) is 5. The molecule has 0 aromatic carbocycles. The maximum atomic E-state index is 12.3. The van der Waals surface area contributed by atoms with Crippen molar-refractivity contribution in [2.45, 2.75) is 43.7 Å². The lowest BCUT2D eigenvalue weighted by Gasteiger charge is -2.43. The zero-order valence-electron chi connectivity index (χ0n) is 13.0. The van der Waals surface area contributed by atoms with Gasteiger partial charge in [-0.2, -0.15) is 0 Å². The predicted molar refractivity (Wildman–Crippen MR) is 86.7 cm³/mol.